The van der Waals surface area contributed by atoms with Crippen LogP contribution in [0, 0.1) is 0 Å². The van der Waals surface area contributed by atoms with Gasteiger partial charge in [-0.3, -0.25) is 4.79 Å². The monoisotopic (exact) mass is 481 g/mol. The van der Waals surface area contributed by atoms with E-state index in [1.54, 1.807) is 19.2 Å². The maximum absolute atomic E-state index is 13.3. The van der Waals surface area contributed by atoms with Gasteiger partial charge < -0.3 is 14.5 Å². The summed E-state index contributed by atoms with van der Waals surface area (Å²) in [7, 11) is -1.78. The van der Waals surface area contributed by atoms with E-state index in [4.69, 9.17) is 4.74 Å². The van der Waals surface area contributed by atoms with Crippen molar-refractivity contribution in [3.8, 4) is 5.75 Å². The van der Waals surface area contributed by atoms with Gasteiger partial charge >= 0.3 is 0 Å². The molecule has 1 amide bonds. The van der Waals surface area contributed by atoms with Gasteiger partial charge in [-0.25, -0.2) is 13.4 Å². The Bertz CT molecular complexity index is 1470. The zero-order chi connectivity index (χ0) is 23.2. The molecule has 0 aliphatic carbocycles. The fourth-order valence-electron chi connectivity index (χ4n) is 4.17. The number of rotatable bonds is 4. The number of fused-ring (bicyclic) bond motifs is 2. The van der Waals surface area contributed by atoms with E-state index < -0.39 is 9.84 Å². The van der Waals surface area contributed by atoms with E-state index in [2.05, 4.69) is 9.88 Å². The number of ether oxygens (including phenoxy) is 1. The third kappa shape index (κ3) is 4.02. The summed E-state index contributed by atoms with van der Waals surface area (Å²) >= 11 is 1.47. The SMILES string of the molecule is COc1cc2ccccc2cc1C(=O)N1CCN(c2nc3c(S(C)(=O)=O)cccc3s2)CC1. The van der Waals surface area contributed by atoms with Gasteiger partial charge in [0, 0.05) is 32.4 Å². The molecule has 0 spiro atoms. The minimum absolute atomic E-state index is 0.0547. The van der Waals surface area contributed by atoms with Crippen LogP contribution < -0.4 is 9.64 Å². The van der Waals surface area contributed by atoms with E-state index >= 15 is 0 Å². The van der Waals surface area contributed by atoms with Crippen LogP contribution in [0.3, 0.4) is 0 Å². The third-order valence-corrected chi connectivity index (χ3v) is 8.12. The molecule has 33 heavy (non-hydrogen) atoms. The smallest absolute Gasteiger partial charge is 0.257 e. The number of carbonyl (C=O) groups is 1. The molecule has 1 aliphatic heterocycles. The van der Waals surface area contributed by atoms with Crippen LogP contribution in [0.4, 0.5) is 5.13 Å². The number of hydrogen-bond acceptors (Lipinski definition) is 7. The first kappa shape index (κ1) is 21.7. The highest BCUT2D eigenvalue weighted by Crippen LogP contribution is 2.33. The maximum atomic E-state index is 13.3. The fourth-order valence-corrected chi connectivity index (χ4v) is 6.11. The number of piperazine rings is 1. The molecule has 3 aromatic carbocycles. The second kappa shape index (κ2) is 8.31. The first-order valence-electron chi connectivity index (χ1n) is 10.6. The van der Waals surface area contributed by atoms with E-state index in [0.29, 0.717) is 43.0 Å². The Labute approximate surface area is 196 Å². The molecule has 0 bridgehead atoms. The number of anilines is 1. The van der Waals surface area contributed by atoms with E-state index in [9.17, 15) is 13.2 Å². The number of hydrogen-bond donors (Lipinski definition) is 0. The van der Waals surface area contributed by atoms with Crippen molar-refractivity contribution in [3.05, 3.63) is 60.2 Å². The van der Waals surface area contributed by atoms with E-state index in [0.717, 1.165) is 20.6 Å². The van der Waals surface area contributed by atoms with Gasteiger partial charge in [-0.05, 0) is 35.0 Å². The molecule has 2 heterocycles. The molecule has 0 N–H and O–H groups in total. The third-order valence-electron chi connectivity index (χ3n) is 5.91. The van der Waals surface area contributed by atoms with Gasteiger partial charge in [0.2, 0.25) is 0 Å². The Morgan fingerprint density at radius 1 is 1.00 bits per heavy atom. The van der Waals surface area contributed by atoms with E-state index in [1.807, 2.05) is 47.4 Å². The van der Waals surface area contributed by atoms with Crippen molar-refractivity contribution < 1.29 is 17.9 Å². The summed E-state index contributed by atoms with van der Waals surface area (Å²) in [6.45, 7) is 2.33. The molecule has 1 aromatic heterocycles. The van der Waals surface area contributed by atoms with Crippen LogP contribution >= 0.6 is 11.3 Å². The highest BCUT2D eigenvalue weighted by atomic mass is 32.2. The van der Waals surface area contributed by atoms with Crippen LogP contribution in [-0.4, -0.2) is 63.8 Å². The van der Waals surface area contributed by atoms with Crippen molar-refractivity contribution in [2.45, 2.75) is 4.90 Å². The lowest BCUT2D eigenvalue weighted by molar-refractivity contribution is 0.0743. The first-order valence-corrected chi connectivity index (χ1v) is 13.3. The van der Waals surface area contributed by atoms with Gasteiger partial charge in [0.15, 0.2) is 15.0 Å². The molecule has 1 fully saturated rings. The van der Waals surface area contributed by atoms with Gasteiger partial charge in [0.25, 0.3) is 5.91 Å². The number of aromatic nitrogens is 1. The molecule has 0 radical (unpaired) electrons. The minimum Gasteiger partial charge on any atom is -0.496 e. The molecule has 1 saturated heterocycles. The summed E-state index contributed by atoms with van der Waals surface area (Å²) in [4.78, 5) is 22.1. The Morgan fingerprint density at radius 2 is 1.70 bits per heavy atom. The standard InChI is InChI=1S/C24H23N3O4S2/c1-31-19-15-17-7-4-3-6-16(17)14-18(19)23(28)26-10-12-27(13-11-26)24-25-22-20(32-24)8-5-9-21(22)33(2,29)30/h3-9,14-15H,10-13H2,1-2H3. The topological polar surface area (TPSA) is 79.8 Å². The van der Waals surface area contributed by atoms with Crippen LogP contribution in [0.25, 0.3) is 21.0 Å². The fraction of sp³-hybridized carbons (Fsp3) is 0.250. The Balaban J connectivity index is 1.36. The molecule has 9 heteroatoms. The van der Waals surface area contributed by atoms with E-state index in [1.165, 1.54) is 17.6 Å². The molecule has 0 unspecified atom stereocenters. The lowest BCUT2D eigenvalue weighted by Gasteiger charge is -2.34. The largest absolute Gasteiger partial charge is 0.496 e. The second-order valence-corrected chi connectivity index (χ2v) is 11.0. The van der Waals surface area contributed by atoms with Crippen LogP contribution in [0.15, 0.2) is 59.5 Å². The number of amides is 1. The Hall–Kier alpha value is -3.17. The quantitative estimate of drug-likeness (QED) is 0.441. The highest BCUT2D eigenvalue weighted by molar-refractivity contribution is 7.91. The average molecular weight is 482 g/mol. The Kier molecular flexibility index (Phi) is 5.46. The average Bonchev–Trinajstić information content (AvgIpc) is 3.26. The summed E-state index contributed by atoms with van der Waals surface area (Å²) in [6.07, 6.45) is 1.20. The Morgan fingerprint density at radius 3 is 2.36 bits per heavy atom. The van der Waals surface area contributed by atoms with Crippen molar-refractivity contribution in [3.63, 3.8) is 0 Å². The zero-order valence-corrected chi connectivity index (χ0v) is 19.9. The summed E-state index contributed by atoms with van der Waals surface area (Å²) < 4.78 is 30.6. The highest BCUT2D eigenvalue weighted by Gasteiger charge is 2.27. The molecule has 0 saturated carbocycles. The number of para-hydroxylation sites is 1. The van der Waals surface area contributed by atoms with Crippen molar-refractivity contribution >= 4 is 53.2 Å². The van der Waals surface area contributed by atoms with Gasteiger partial charge in [-0.15, -0.1) is 0 Å². The van der Waals surface area contributed by atoms with Crippen molar-refractivity contribution in [2.75, 3.05) is 44.4 Å². The predicted molar refractivity (Wildman–Crippen MR) is 131 cm³/mol. The minimum atomic E-state index is -3.36. The van der Waals surface area contributed by atoms with Crippen LogP contribution in [0.2, 0.25) is 0 Å². The zero-order valence-electron chi connectivity index (χ0n) is 18.3. The summed E-state index contributed by atoms with van der Waals surface area (Å²) in [5.41, 5.74) is 1.07. The van der Waals surface area contributed by atoms with Gasteiger partial charge in [0.05, 0.1) is 22.3 Å². The summed E-state index contributed by atoms with van der Waals surface area (Å²) in [5.74, 6) is 0.515. The number of benzene rings is 3. The molecular weight excluding hydrogens is 458 g/mol. The van der Waals surface area contributed by atoms with Crippen molar-refractivity contribution in [2.24, 2.45) is 0 Å². The summed E-state index contributed by atoms with van der Waals surface area (Å²) in [6, 6.07) is 16.9. The summed E-state index contributed by atoms with van der Waals surface area (Å²) in [5, 5.41) is 2.80. The van der Waals surface area contributed by atoms with Crippen molar-refractivity contribution in [1.82, 2.24) is 9.88 Å². The van der Waals surface area contributed by atoms with Crippen LogP contribution in [0.1, 0.15) is 10.4 Å². The molecule has 170 valence electrons. The van der Waals surface area contributed by atoms with Gasteiger partial charge in [-0.2, -0.15) is 0 Å². The lowest BCUT2D eigenvalue weighted by atomic mass is 10.0. The number of carbonyl (C=O) groups excluding carboxylic acids is 1. The lowest BCUT2D eigenvalue weighted by Crippen LogP contribution is -2.48. The predicted octanol–water partition coefficient (Wildman–Crippen LogP) is 3.82. The van der Waals surface area contributed by atoms with Gasteiger partial charge in [-0.1, -0.05) is 41.7 Å². The maximum Gasteiger partial charge on any atom is 0.257 e. The van der Waals surface area contributed by atoms with Crippen molar-refractivity contribution in [1.29, 1.82) is 0 Å². The van der Waals surface area contributed by atoms with E-state index in [-0.39, 0.29) is 10.8 Å². The van der Waals surface area contributed by atoms with Crippen LogP contribution in [0.5, 0.6) is 5.75 Å². The molecular formula is C24H23N3O4S2. The second-order valence-electron chi connectivity index (χ2n) is 8.05. The molecule has 5 rings (SSSR count). The number of sulfone groups is 1. The molecule has 7 nitrogen and oxygen atoms in total. The number of nitrogens with zero attached hydrogens (tertiary/aromatic N) is 3. The van der Waals surface area contributed by atoms with Crippen LogP contribution in [-0.2, 0) is 9.84 Å². The molecule has 1 aliphatic rings. The number of methoxy groups -OCH3 is 1. The molecule has 0 atom stereocenters. The normalized spacial score (nSPS) is 14.7. The van der Waals surface area contributed by atoms with Gasteiger partial charge in [0.1, 0.15) is 11.3 Å². The molecule has 4 aromatic rings. The first-order chi connectivity index (χ1) is 15.8. The number of thiazole rings is 1.